The largest absolute Gasteiger partial charge is 0.497 e. The maximum Gasteiger partial charge on any atom is 0.234 e. The van der Waals surface area contributed by atoms with Gasteiger partial charge in [-0.15, -0.1) is 0 Å². The number of amides is 1. The fourth-order valence-corrected chi connectivity index (χ4v) is 2.61. The van der Waals surface area contributed by atoms with Gasteiger partial charge >= 0.3 is 0 Å². The topological polar surface area (TPSA) is 56.8 Å². The molecule has 2 aromatic rings. The summed E-state index contributed by atoms with van der Waals surface area (Å²) in [4.78, 5) is 12.9. The van der Waals surface area contributed by atoms with Crippen LogP contribution in [0.15, 0.2) is 36.4 Å². The predicted molar refractivity (Wildman–Crippen MR) is 99.2 cm³/mol. The van der Waals surface area contributed by atoms with Crippen LogP contribution in [0, 0.1) is 0 Å². The molecule has 6 heteroatoms. The number of hydrogen-bond acceptors (Lipinski definition) is 4. The first-order valence-electron chi connectivity index (χ1n) is 7.71. The lowest BCUT2D eigenvalue weighted by molar-refractivity contribution is -0.120. The number of benzene rings is 2. The van der Waals surface area contributed by atoms with E-state index in [9.17, 15) is 4.79 Å². The Morgan fingerprint density at radius 2 is 1.56 bits per heavy atom. The van der Waals surface area contributed by atoms with Crippen LogP contribution in [0.3, 0.4) is 0 Å². The SMILES string of the molecule is COc1ccc(C(C)(C)C(=O)Nc2cc(OC)c(Cl)cc2OC)cc1. The molecule has 1 amide bonds. The van der Waals surface area contributed by atoms with Crippen LogP contribution in [0.1, 0.15) is 19.4 Å². The van der Waals surface area contributed by atoms with Crippen molar-refractivity contribution in [2.24, 2.45) is 0 Å². The Morgan fingerprint density at radius 1 is 0.960 bits per heavy atom. The van der Waals surface area contributed by atoms with Crippen LogP contribution in [0.25, 0.3) is 0 Å². The van der Waals surface area contributed by atoms with Gasteiger partial charge in [0.05, 0.1) is 37.5 Å². The maximum absolute atomic E-state index is 12.9. The minimum absolute atomic E-state index is 0.180. The van der Waals surface area contributed by atoms with Crippen LogP contribution < -0.4 is 19.5 Å². The molecular weight excluding hydrogens is 342 g/mol. The summed E-state index contributed by atoms with van der Waals surface area (Å²) in [6.45, 7) is 3.70. The van der Waals surface area contributed by atoms with E-state index in [-0.39, 0.29) is 5.91 Å². The smallest absolute Gasteiger partial charge is 0.234 e. The molecule has 0 spiro atoms. The lowest BCUT2D eigenvalue weighted by Crippen LogP contribution is -2.34. The first kappa shape index (κ1) is 18.9. The molecule has 134 valence electrons. The van der Waals surface area contributed by atoms with Gasteiger partial charge in [-0.25, -0.2) is 0 Å². The number of anilines is 1. The first-order valence-corrected chi connectivity index (χ1v) is 8.08. The molecule has 2 aromatic carbocycles. The van der Waals surface area contributed by atoms with Gasteiger partial charge in [0.1, 0.15) is 17.2 Å². The fourth-order valence-electron chi connectivity index (χ4n) is 2.38. The van der Waals surface area contributed by atoms with E-state index >= 15 is 0 Å². The molecule has 2 rings (SSSR count). The molecular formula is C19H22ClNO4. The molecule has 0 bridgehead atoms. The molecule has 0 saturated carbocycles. The average Bonchev–Trinajstić information content (AvgIpc) is 2.62. The third-order valence-corrected chi connectivity index (χ3v) is 4.40. The average molecular weight is 364 g/mol. The standard InChI is InChI=1S/C19H22ClNO4/c1-19(2,12-6-8-13(23-3)9-7-12)18(22)21-15-11-16(24-4)14(20)10-17(15)25-5/h6-11H,1-5H3,(H,21,22). The van der Waals surface area contributed by atoms with Crippen LogP contribution in [-0.2, 0) is 10.2 Å². The molecule has 1 N–H and O–H groups in total. The minimum Gasteiger partial charge on any atom is -0.497 e. The molecule has 0 aliphatic carbocycles. The van der Waals surface area contributed by atoms with E-state index < -0.39 is 5.41 Å². The summed E-state index contributed by atoms with van der Waals surface area (Å²) >= 11 is 6.10. The molecule has 0 saturated heterocycles. The van der Waals surface area contributed by atoms with E-state index in [1.165, 1.54) is 14.2 Å². The van der Waals surface area contributed by atoms with E-state index in [4.69, 9.17) is 25.8 Å². The lowest BCUT2D eigenvalue weighted by Gasteiger charge is -2.25. The Morgan fingerprint density at radius 3 is 2.08 bits per heavy atom. The second kappa shape index (κ2) is 7.66. The Hall–Kier alpha value is -2.40. The van der Waals surface area contributed by atoms with Crippen LogP contribution >= 0.6 is 11.6 Å². The Bertz CT molecular complexity index is 757. The van der Waals surface area contributed by atoms with Crippen molar-refractivity contribution in [2.45, 2.75) is 19.3 Å². The highest BCUT2D eigenvalue weighted by atomic mass is 35.5. The van der Waals surface area contributed by atoms with Crippen LogP contribution in [0.5, 0.6) is 17.2 Å². The molecule has 0 radical (unpaired) electrons. The van der Waals surface area contributed by atoms with Crippen LogP contribution in [0.4, 0.5) is 5.69 Å². The van der Waals surface area contributed by atoms with Gasteiger partial charge in [-0.05, 0) is 31.5 Å². The van der Waals surface area contributed by atoms with Crippen molar-refractivity contribution in [1.29, 1.82) is 0 Å². The van der Waals surface area contributed by atoms with Crippen molar-refractivity contribution >= 4 is 23.2 Å². The monoisotopic (exact) mass is 363 g/mol. The Kier molecular flexibility index (Phi) is 5.80. The molecule has 0 heterocycles. The lowest BCUT2D eigenvalue weighted by atomic mass is 9.83. The van der Waals surface area contributed by atoms with Gasteiger partial charge in [-0.3, -0.25) is 4.79 Å². The number of nitrogens with one attached hydrogen (secondary N) is 1. The van der Waals surface area contributed by atoms with Gasteiger partial charge in [0.25, 0.3) is 0 Å². The Balaban J connectivity index is 2.31. The van der Waals surface area contributed by atoms with Crippen molar-refractivity contribution < 1.29 is 19.0 Å². The molecule has 0 aliphatic rings. The first-order chi connectivity index (χ1) is 11.8. The summed E-state index contributed by atoms with van der Waals surface area (Å²) in [6.07, 6.45) is 0. The maximum atomic E-state index is 12.9. The van der Waals surface area contributed by atoms with E-state index in [1.807, 2.05) is 38.1 Å². The zero-order chi connectivity index (χ0) is 18.6. The van der Waals surface area contributed by atoms with E-state index in [1.54, 1.807) is 19.2 Å². The Labute approximate surface area is 152 Å². The van der Waals surface area contributed by atoms with Gasteiger partial charge in [-0.2, -0.15) is 0 Å². The molecule has 0 atom stereocenters. The zero-order valence-electron chi connectivity index (χ0n) is 15.0. The second-order valence-electron chi connectivity index (χ2n) is 5.99. The van der Waals surface area contributed by atoms with Gasteiger partial charge < -0.3 is 19.5 Å². The van der Waals surface area contributed by atoms with Crippen LogP contribution in [-0.4, -0.2) is 27.2 Å². The summed E-state index contributed by atoms with van der Waals surface area (Å²) in [6, 6.07) is 10.7. The third-order valence-electron chi connectivity index (χ3n) is 4.10. The molecule has 5 nitrogen and oxygen atoms in total. The number of carbonyl (C=O) groups is 1. The van der Waals surface area contributed by atoms with Crippen molar-refractivity contribution in [3.8, 4) is 17.2 Å². The highest BCUT2D eigenvalue weighted by Gasteiger charge is 2.30. The molecule has 25 heavy (non-hydrogen) atoms. The van der Waals surface area contributed by atoms with Gasteiger partial charge in [-0.1, -0.05) is 23.7 Å². The predicted octanol–water partition coefficient (Wildman–Crippen LogP) is 4.28. The normalized spacial score (nSPS) is 11.0. The number of carbonyl (C=O) groups excluding carboxylic acids is 1. The number of methoxy groups -OCH3 is 3. The molecule has 0 aromatic heterocycles. The molecule has 0 aliphatic heterocycles. The van der Waals surface area contributed by atoms with Crippen molar-refractivity contribution in [2.75, 3.05) is 26.6 Å². The van der Waals surface area contributed by atoms with Crippen molar-refractivity contribution in [3.05, 3.63) is 47.0 Å². The minimum atomic E-state index is -0.760. The highest BCUT2D eigenvalue weighted by molar-refractivity contribution is 6.32. The fraction of sp³-hybridized carbons (Fsp3) is 0.316. The number of ether oxygens (including phenoxy) is 3. The second-order valence-corrected chi connectivity index (χ2v) is 6.40. The summed E-state index contributed by atoms with van der Waals surface area (Å²) in [5.41, 5.74) is 0.602. The van der Waals surface area contributed by atoms with Crippen LogP contribution in [0.2, 0.25) is 5.02 Å². The number of rotatable bonds is 6. The zero-order valence-corrected chi connectivity index (χ0v) is 15.7. The highest BCUT2D eigenvalue weighted by Crippen LogP contribution is 2.37. The number of halogens is 1. The van der Waals surface area contributed by atoms with E-state index in [2.05, 4.69) is 5.32 Å². The summed E-state index contributed by atoms with van der Waals surface area (Å²) in [7, 11) is 4.63. The summed E-state index contributed by atoms with van der Waals surface area (Å²) in [5, 5.41) is 3.31. The van der Waals surface area contributed by atoms with Gasteiger partial charge in [0, 0.05) is 12.1 Å². The van der Waals surface area contributed by atoms with Gasteiger partial charge in [0.2, 0.25) is 5.91 Å². The third kappa shape index (κ3) is 3.99. The summed E-state index contributed by atoms with van der Waals surface area (Å²) < 4.78 is 15.7. The molecule has 0 unspecified atom stereocenters. The molecule has 0 fully saturated rings. The summed E-state index contributed by atoms with van der Waals surface area (Å²) in [5.74, 6) is 1.48. The number of hydrogen-bond donors (Lipinski definition) is 1. The van der Waals surface area contributed by atoms with Gasteiger partial charge in [0.15, 0.2) is 0 Å². The van der Waals surface area contributed by atoms with E-state index in [0.29, 0.717) is 22.2 Å². The quantitative estimate of drug-likeness (QED) is 0.832. The van der Waals surface area contributed by atoms with Crippen molar-refractivity contribution in [3.63, 3.8) is 0 Å². The van der Waals surface area contributed by atoms with Crippen molar-refractivity contribution in [1.82, 2.24) is 0 Å². The van der Waals surface area contributed by atoms with E-state index in [0.717, 1.165) is 11.3 Å².